The zero-order chi connectivity index (χ0) is 21.6. The normalized spacial score (nSPS) is 7.26. The van der Waals surface area contributed by atoms with Gasteiger partial charge in [0.15, 0.2) is 0 Å². The van der Waals surface area contributed by atoms with Crippen LogP contribution >= 0.6 is 0 Å². The third-order valence-electron chi connectivity index (χ3n) is 2.52. The first-order chi connectivity index (χ1) is 12.8. The van der Waals surface area contributed by atoms with Crippen molar-refractivity contribution in [3.63, 3.8) is 0 Å². The first-order valence-corrected chi connectivity index (χ1v) is 6.93. The number of rotatable bonds is 8. The second-order valence-electron chi connectivity index (χ2n) is 4.06. The molecule has 0 radical (unpaired) electrons. The highest BCUT2D eigenvalue weighted by atomic mass is 20.0. The molecule has 0 atom stereocenters. The predicted molar refractivity (Wildman–Crippen MR) is 83.6 cm³/mol. The summed E-state index contributed by atoms with van der Waals surface area (Å²) in [6, 6.07) is 8.40. The van der Waals surface area contributed by atoms with Gasteiger partial charge in [0.2, 0.25) is 0 Å². The fourth-order valence-corrected chi connectivity index (χ4v) is 1.57. The standard InChI is InChI=1S/C14H23NO.5F2.FH/c1-3-11-16-12-7-6-10-15-14-9-5-4-8-13(14)2;5*1-2;/h4-5,8-9,15H,3,6-7,10-12H2,1-2H3;;;;;;1H. The van der Waals surface area contributed by atoms with E-state index in [-0.39, 0.29) is 4.70 Å². The molecule has 0 aliphatic rings. The van der Waals surface area contributed by atoms with E-state index in [4.69, 9.17) is 50.5 Å². The van der Waals surface area contributed by atoms with Gasteiger partial charge in [-0.05, 0) is 37.8 Å². The van der Waals surface area contributed by atoms with Gasteiger partial charge in [-0.15, -0.1) is 0 Å². The molecule has 1 N–H and O–H groups in total. The summed E-state index contributed by atoms with van der Waals surface area (Å²) < 4.78 is 85.4. The lowest BCUT2D eigenvalue weighted by atomic mass is 10.2. The van der Waals surface area contributed by atoms with Crippen LogP contribution in [0.4, 0.5) is 56.1 Å². The summed E-state index contributed by atoms with van der Waals surface area (Å²) in [5, 5.41) is 3.45. The van der Waals surface area contributed by atoms with Gasteiger partial charge in [-0.25, -0.2) is 0 Å². The highest BCUT2D eigenvalue weighted by molar-refractivity contribution is 5.49. The molecule has 0 bridgehead atoms. The molecular formula is C14H24F11NO. The first-order valence-electron chi connectivity index (χ1n) is 6.93. The molecule has 0 saturated heterocycles. The molecule has 0 unspecified atom stereocenters. The number of para-hydroxylation sites is 1. The van der Waals surface area contributed by atoms with Crippen molar-refractivity contribution >= 4 is 5.69 Å². The summed E-state index contributed by atoms with van der Waals surface area (Å²) in [6.07, 6.45) is 3.42. The smallest absolute Gasteiger partial charge is 0.0466 e. The Labute approximate surface area is 150 Å². The molecule has 1 rings (SSSR count). The van der Waals surface area contributed by atoms with Crippen molar-refractivity contribution in [3.8, 4) is 0 Å². The lowest BCUT2D eigenvalue weighted by Crippen LogP contribution is -2.04. The Bertz CT molecular complexity index is 312. The number of hydrogen-bond donors (Lipinski definition) is 1. The van der Waals surface area contributed by atoms with Crippen LogP contribution in [0, 0.1) is 6.92 Å². The van der Waals surface area contributed by atoms with Gasteiger partial charge in [-0.3, -0.25) is 4.70 Å². The second kappa shape index (κ2) is 49.6. The quantitative estimate of drug-likeness (QED) is 0.333. The molecule has 13 heteroatoms. The van der Waals surface area contributed by atoms with E-state index < -0.39 is 0 Å². The van der Waals surface area contributed by atoms with E-state index >= 15 is 0 Å². The van der Waals surface area contributed by atoms with Gasteiger partial charge in [0.25, 0.3) is 0 Å². The molecule has 27 heavy (non-hydrogen) atoms. The molecule has 0 aliphatic heterocycles. The molecule has 0 aliphatic carbocycles. The maximum Gasteiger partial charge on any atom is 0.0466 e. The Balaban J connectivity index is -0.0000000869. The molecule has 0 amide bonds. The minimum absolute atomic E-state index is 0. The van der Waals surface area contributed by atoms with Crippen molar-refractivity contribution in [1.29, 1.82) is 0 Å². The Morgan fingerprint density at radius 2 is 1.26 bits per heavy atom. The molecule has 0 heterocycles. The van der Waals surface area contributed by atoms with Crippen molar-refractivity contribution in [3.05, 3.63) is 29.8 Å². The van der Waals surface area contributed by atoms with E-state index in [0.29, 0.717) is 0 Å². The summed E-state index contributed by atoms with van der Waals surface area (Å²) in [7, 11) is 0. The topological polar surface area (TPSA) is 21.3 Å². The van der Waals surface area contributed by atoms with Crippen molar-refractivity contribution in [1.82, 2.24) is 0 Å². The van der Waals surface area contributed by atoms with Crippen LogP contribution in [0.3, 0.4) is 0 Å². The maximum absolute atomic E-state index is 8.00. The van der Waals surface area contributed by atoms with E-state index in [1.165, 1.54) is 11.3 Å². The van der Waals surface area contributed by atoms with Crippen molar-refractivity contribution in [2.24, 2.45) is 0 Å². The van der Waals surface area contributed by atoms with Gasteiger partial charge >= 0.3 is 0 Å². The molecule has 0 spiro atoms. The maximum atomic E-state index is 8.00. The molecule has 1 aromatic rings. The van der Waals surface area contributed by atoms with Crippen LogP contribution in [0.15, 0.2) is 24.3 Å². The Kier molecular flexibility index (Phi) is 73.6. The largest absolute Gasteiger partial charge is 0.385 e. The first kappa shape index (κ1) is 40.0. The summed E-state index contributed by atoms with van der Waals surface area (Å²) in [6.45, 7) is 7.08. The zero-order valence-electron chi connectivity index (χ0n) is 14.6. The summed E-state index contributed by atoms with van der Waals surface area (Å²) in [4.78, 5) is 0. The summed E-state index contributed by atoms with van der Waals surface area (Å²) in [5.74, 6) is 0. The number of anilines is 1. The van der Waals surface area contributed by atoms with Crippen LogP contribution < -0.4 is 5.32 Å². The molecule has 0 aromatic heterocycles. The zero-order valence-corrected chi connectivity index (χ0v) is 14.6. The van der Waals surface area contributed by atoms with Crippen LogP contribution in [-0.2, 0) is 4.74 Å². The number of ether oxygens (including phenoxy) is 1. The van der Waals surface area contributed by atoms with Gasteiger partial charge in [0, 0.05) is 71.2 Å². The van der Waals surface area contributed by atoms with Crippen molar-refractivity contribution in [2.45, 2.75) is 33.1 Å². The average Bonchev–Trinajstić information content (AvgIpc) is 2.76. The van der Waals surface area contributed by atoms with E-state index in [2.05, 4.69) is 43.4 Å². The third kappa shape index (κ3) is 36.0. The Morgan fingerprint density at radius 3 is 1.70 bits per heavy atom. The summed E-state index contributed by atoms with van der Waals surface area (Å²) >= 11 is 0. The number of unbranched alkanes of at least 4 members (excludes halogenated alkanes) is 1. The van der Waals surface area contributed by atoms with Crippen LogP contribution in [-0.4, -0.2) is 19.8 Å². The van der Waals surface area contributed by atoms with Gasteiger partial charge in [0.05, 0.1) is 0 Å². The molecule has 0 fully saturated rings. The number of hydrogen-bond acceptors (Lipinski definition) is 2. The summed E-state index contributed by atoms with van der Waals surface area (Å²) in [5.41, 5.74) is 2.56. The lowest BCUT2D eigenvalue weighted by Gasteiger charge is -2.09. The van der Waals surface area contributed by atoms with E-state index in [1.807, 2.05) is 0 Å². The van der Waals surface area contributed by atoms with Crippen LogP contribution in [0.2, 0.25) is 0 Å². The SMILES string of the molecule is CCCOCCCCNc1ccccc1C.F.FF.FF.FF.FF.FF. The number of nitrogens with one attached hydrogen (secondary N) is 1. The van der Waals surface area contributed by atoms with Gasteiger partial charge in [-0.2, -0.15) is 0 Å². The average molecular weight is 431 g/mol. The van der Waals surface area contributed by atoms with Crippen LogP contribution in [0.1, 0.15) is 31.7 Å². The van der Waals surface area contributed by atoms with E-state index in [9.17, 15) is 0 Å². The fraction of sp³-hybridized carbons (Fsp3) is 0.571. The lowest BCUT2D eigenvalue weighted by molar-refractivity contribution is 0.108. The highest BCUT2D eigenvalue weighted by Gasteiger charge is 1.95. The van der Waals surface area contributed by atoms with E-state index in [0.717, 1.165) is 39.0 Å². The Hall–Kier alpha value is -1.79. The minimum Gasteiger partial charge on any atom is -0.385 e. The van der Waals surface area contributed by atoms with E-state index in [1.54, 1.807) is 0 Å². The van der Waals surface area contributed by atoms with Crippen LogP contribution in [0.5, 0.6) is 0 Å². The van der Waals surface area contributed by atoms with Gasteiger partial charge in [0.1, 0.15) is 0 Å². The Morgan fingerprint density at radius 1 is 0.778 bits per heavy atom. The molecule has 0 saturated carbocycles. The predicted octanol–water partition coefficient (Wildman–Crippen LogP) is 7.97. The van der Waals surface area contributed by atoms with Crippen molar-refractivity contribution in [2.75, 3.05) is 25.1 Å². The third-order valence-corrected chi connectivity index (χ3v) is 2.52. The number of halogens is 11. The molecule has 168 valence electrons. The molecule has 1 aromatic carbocycles. The second-order valence-corrected chi connectivity index (χ2v) is 4.06. The fourth-order valence-electron chi connectivity index (χ4n) is 1.57. The monoisotopic (exact) mass is 431 g/mol. The molecular weight excluding hydrogens is 407 g/mol. The van der Waals surface area contributed by atoms with Gasteiger partial charge < -0.3 is 10.1 Å². The van der Waals surface area contributed by atoms with Gasteiger partial charge in [-0.1, -0.05) is 25.1 Å². The highest BCUT2D eigenvalue weighted by Crippen LogP contribution is 2.12. The van der Waals surface area contributed by atoms with Crippen molar-refractivity contribution < 1.29 is 55.2 Å². The molecule has 2 nitrogen and oxygen atoms in total. The number of aryl methyl sites for hydroxylation is 1. The number of benzene rings is 1. The van der Waals surface area contributed by atoms with Crippen LogP contribution in [0.25, 0.3) is 0 Å². The minimum atomic E-state index is 0.